The number of rotatable bonds is 3. The van der Waals surface area contributed by atoms with Crippen LogP contribution in [0.1, 0.15) is 40.0 Å². The molecule has 2 aromatic rings. The minimum Gasteiger partial charge on any atom is -0.339 e. The number of carbonyl (C=O) groups excluding carboxylic acids is 2. The van der Waals surface area contributed by atoms with Crippen molar-refractivity contribution >= 4 is 17.8 Å². The smallest absolute Gasteiger partial charge is 0.258 e. The van der Waals surface area contributed by atoms with Crippen molar-refractivity contribution in [3.63, 3.8) is 0 Å². The number of amides is 2. The molecule has 3 rings (SSSR count). The van der Waals surface area contributed by atoms with Gasteiger partial charge in [-0.25, -0.2) is 4.68 Å². The molecule has 1 aliphatic rings. The van der Waals surface area contributed by atoms with Gasteiger partial charge in [0.05, 0.1) is 0 Å². The first kappa shape index (κ1) is 15.1. The molecule has 0 spiro atoms. The molecule has 1 aromatic carbocycles. The minimum atomic E-state index is -0.351. The van der Waals surface area contributed by atoms with E-state index in [0.29, 0.717) is 11.1 Å². The van der Waals surface area contributed by atoms with Crippen LogP contribution in [-0.4, -0.2) is 50.0 Å². The van der Waals surface area contributed by atoms with Crippen molar-refractivity contribution in [3.8, 4) is 0 Å². The van der Waals surface area contributed by atoms with Gasteiger partial charge in [0.1, 0.15) is 0 Å². The maximum absolute atomic E-state index is 12.5. The average molecular weight is 314 g/mol. The van der Waals surface area contributed by atoms with E-state index in [2.05, 4.69) is 20.8 Å². The van der Waals surface area contributed by atoms with Crippen LogP contribution >= 0.6 is 0 Å². The lowest BCUT2D eigenvalue weighted by atomic mass is 10.1. The van der Waals surface area contributed by atoms with Crippen LogP contribution < -0.4 is 5.32 Å². The standard InChI is InChI=1S/C15H18N6O2/c1-20-15(17-18-19-20)16-13(22)11-6-5-7-12(10-11)14(23)21-8-3-2-4-9-21/h5-7,10H,2-4,8-9H2,1H3,(H,16,17,19,22). The maximum atomic E-state index is 12.5. The fourth-order valence-electron chi connectivity index (χ4n) is 2.58. The van der Waals surface area contributed by atoms with Crippen LogP contribution in [-0.2, 0) is 7.05 Å². The highest BCUT2D eigenvalue weighted by atomic mass is 16.2. The molecule has 1 aromatic heterocycles. The molecule has 1 aliphatic heterocycles. The first-order valence-corrected chi connectivity index (χ1v) is 7.58. The van der Waals surface area contributed by atoms with Crippen molar-refractivity contribution in [2.24, 2.45) is 7.05 Å². The normalized spacial score (nSPS) is 14.6. The van der Waals surface area contributed by atoms with E-state index >= 15 is 0 Å². The van der Waals surface area contributed by atoms with Gasteiger partial charge in [0.2, 0.25) is 5.95 Å². The Morgan fingerprint density at radius 3 is 2.57 bits per heavy atom. The number of nitrogens with one attached hydrogen (secondary N) is 1. The van der Waals surface area contributed by atoms with Crippen molar-refractivity contribution in [1.29, 1.82) is 0 Å². The minimum absolute atomic E-state index is 0.0281. The van der Waals surface area contributed by atoms with Crippen molar-refractivity contribution in [1.82, 2.24) is 25.1 Å². The Morgan fingerprint density at radius 2 is 1.87 bits per heavy atom. The van der Waals surface area contributed by atoms with Gasteiger partial charge in [0.25, 0.3) is 11.8 Å². The summed E-state index contributed by atoms with van der Waals surface area (Å²) < 4.78 is 1.36. The molecule has 2 amide bonds. The van der Waals surface area contributed by atoms with E-state index in [-0.39, 0.29) is 17.8 Å². The molecule has 0 atom stereocenters. The molecule has 0 bridgehead atoms. The Morgan fingerprint density at radius 1 is 1.13 bits per heavy atom. The molecule has 0 saturated carbocycles. The van der Waals surface area contributed by atoms with Gasteiger partial charge >= 0.3 is 0 Å². The van der Waals surface area contributed by atoms with Crippen LogP contribution in [0.25, 0.3) is 0 Å². The third-order valence-corrected chi connectivity index (χ3v) is 3.86. The number of carbonyl (C=O) groups is 2. The van der Waals surface area contributed by atoms with E-state index in [0.717, 1.165) is 32.4 Å². The van der Waals surface area contributed by atoms with Gasteiger partial charge in [-0.1, -0.05) is 11.2 Å². The number of benzene rings is 1. The number of nitrogens with zero attached hydrogens (tertiary/aromatic N) is 5. The lowest BCUT2D eigenvalue weighted by Gasteiger charge is -2.26. The predicted octanol–water partition coefficient (Wildman–Crippen LogP) is 1.09. The highest BCUT2D eigenvalue weighted by molar-refractivity contribution is 6.05. The van der Waals surface area contributed by atoms with Crippen LogP contribution in [0.2, 0.25) is 0 Å². The Kier molecular flexibility index (Phi) is 4.31. The number of anilines is 1. The number of aryl methyl sites for hydroxylation is 1. The Labute approximate surface area is 133 Å². The number of piperidine rings is 1. The van der Waals surface area contributed by atoms with Gasteiger partial charge in [-0.05, 0) is 47.9 Å². The first-order chi connectivity index (χ1) is 11.1. The third kappa shape index (κ3) is 3.36. The summed E-state index contributed by atoms with van der Waals surface area (Å²) >= 11 is 0. The van der Waals surface area contributed by atoms with E-state index < -0.39 is 0 Å². The molecule has 8 heteroatoms. The van der Waals surface area contributed by atoms with Crippen LogP contribution in [0.4, 0.5) is 5.95 Å². The molecule has 1 fully saturated rings. The van der Waals surface area contributed by atoms with Crippen molar-refractivity contribution in [2.45, 2.75) is 19.3 Å². The second-order valence-electron chi connectivity index (χ2n) is 5.51. The number of aromatic nitrogens is 4. The Balaban J connectivity index is 1.75. The zero-order chi connectivity index (χ0) is 16.2. The molecule has 0 aliphatic carbocycles. The number of likely N-dealkylation sites (tertiary alicyclic amines) is 1. The predicted molar refractivity (Wildman–Crippen MR) is 82.9 cm³/mol. The maximum Gasteiger partial charge on any atom is 0.258 e. The van der Waals surface area contributed by atoms with Gasteiger partial charge in [0.15, 0.2) is 0 Å². The highest BCUT2D eigenvalue weighted by Gasteiger charge is 2.19. The topological polar surface area (TPSA) is 93.0 Å². The lowest BCUT2D eigenvalue weighted by Crippen LogP contribution is -2.35. The first-order valence-electron chi connectivity index (χ1n) is 7.58. The van der Waals surface area contributed by atoms with E-state index in [9.17, 15) is 9.59 Å². The highest BCUT2D eigenvalue weighted by Crippen LogP contribution is 2.15. The SMILES string of the molecule is Cn1nnnc1NC(=O)c1cccc(C(=O)N2CCCCC2)c1. The molecule has 0 unspecified atom stereocenters. The molecule has 23 heavy (non-hydrogen) atoms. The number of tetrazole rings is 1. The summed E-state index contributed by atoms with van der Waals surface area (Å²) in [4.78, 5) is 26.6. The molecule has 1 N–H and O–H groups in total. The fourth-order valence-corrected chi connectivity index (χ4v) is 2.58. The van der Waals surface area contributed by atoms with Crippen LogP contribution in [0.5, 0.6) is 0 Å². The largest absolute Gasteiger partial charge is 0.339 e. The fraction of sp³-hybridized carbons (Fsp3) is 0.400. The van der Waals surface area contributed by atoms with Crippen LogP contribution in [0.3, 0.4) is 0 Å². The van der Waals surface area contributed by atoms with E-state index in [4.69, 9.17) is 0 Å². The Hall–Kier alpha value is -2.77. The summed E-state index contributed by atoms with van der Waals surface area (Å²) in [7, 11) is 1.63. The van der Waals surface area contributed by atoms with E-state index in [1.54, 1.807) is 31.3 Å². The van der Waals surface area contributed by atoms with Gasteiger partial charge in [-0.3, -0.25) is 14.9 Å². The van der Waals surface area contributed by atoms with E-state index in [1.165, 1.54) is 4.68 Å². The summed E-state index contributed by atoms with van der Waals surface area (Å²) in [6.45, 7) is 1.56. The molecule has 8 nitrogen and oxygen atoms in total. The van der Waals surface area contributed by atoms with Gasteiger partial charge in [0, 0.05) is 31.3 Å². The van der Waals surface area contributed by atoms with Crippen molar-refractivity contribution in [2.75, 3.05) is 18.4 Å². The quantitative estimate of drug-likeness (QED) is 0.915. The van der Waals surface area contributed by atoms with Gasteiger partial charge in [-0.2, -0.15) is 0 Å². The summed E-state index contributed by atoms with van der Waals surface area (Å²) in [5.41, 5.74) is 0.923. The van der Waals surface area contributed by atoms with Crippen molar-refractivity contribution < 1.29 is 9.59 Å². The molecule has 1 saturated heterocycles. The molecular formula is C15H18N6O2. The van der Waals surface area contributed by atoms with Crippen molar-refractivity contribution in [3.05, 3.63) is 35.4 Å². The molecule has 120 valence electrons. The van der Waals surface area contributed by atoms with Crippen LogP contribution in [0, 0.1) is 0 Å². The zero-order valence-corrected chi connectivity index (χ0v) is 12.9. The van der Waals surface area contributed by atoms with E-state index in [1.807, 2.05) is 4.90 Å². The summed E-state index contributed by atoms with van der Waals surface area (Å²) in [5, 5.41) is 13.4. The van der Waals surface area contributed by atoms with Gasteiger partial charge < -0.3 is 4.90 Å². The monoisotopic (exact) mass is 314 g/mol. The zero-order valence-electron chi connectivity index (χ0n) is 12.9. The lowest BCUT2D eigenvalue weighted by molar-refractivity contribution is 0.0724. The van der Waals surface area contributed by atoms with Gasteiger partial charge in [-0.15, -0.1) is 0 Å². The number of hydrogen-bond acceptors (Lipinski definition) is 5. The second kappa shape index (κ2) is 6.55. The summed E-state index contributed by atoms with van der Waals surface area (Å²) in [6, 6.07) is 6.71. The second-order valence-corrected chi connectivity index (χ2v) is 5.51. The Bertz CT molecular complexity index is 720. The molecule has 2 heterocycles. The average Bonchev–Trinajstić information content (AvgIpc) is 3.00. The summed E-state index contributed by atoms with van der Waals surface area (Å²) in [5.74, 6) is -0.126. The molecular weight excluding hydrogens is 296 g/mol. The number of hydrogen-bond donors (Lipinski definition) is 1. The molecule has 0 radical (unpaired) electrons. The summed E-state index contributed by atoms with van der Waals surface area (Å²) in [6.07, 6.45) is 3.23. The van der Waals surface area contributed by atoms with Crippen LogP contribution in [0.15, 0.2) is 24.3 Å². The third-order valence-electron chi connectivity index (χ3n) is 3.86.